The first kappa shape index (κ1) is 28.4. The van der Waals surface area contributed by atoms with Crippen molar-refractivity contribution in [2.24, 2.45) is 0 Å². The van der Waals surface area contributed by atoms with Gasteiger partial charge in [0.2, 0.25) is 5.60 Å². The normalized spacial score (nSPS) is 25.2. The van der Waals surface area contributed by atoms with Gasteiger partial charge in [-0.25, -0.2) is 14.1 Å². The molecule has 6 atom stereocenters. The lowest BCUT2D eigenvalue weighted by Gasteiger charge is -2.28. The van der Waals surface area contributed by atoms with Crippen LogP contribution in [-0.4, -0.2) is 67.3 Å². The summed E-state index contributed by atoms with van der Waals surface area (Å²) >= 11 is 0. The van der Waals surface area contributed by atoms with E-state index < -0.39 is 56.4 Å². The second kappa shape index (κ2) is 11.3. The zero-order valence-electron chi connectivity index (χ0n) is 21.4. The number of nitriles is 1. The van der Waals surface area contributed by atoms with Gasteiger partial charge in [-0.05, 0) is 45.0 Å². The summed E-state index contributed by atoms with van der Waals surface area (Å²) in [7, 11) is -4.39. The molecule has 4 rings (SSSR count). The van der Waals surface area contributed by atoms with Crippen molar-refractivity contribution in [1.29, 1.82) is 5.26 Å². The van der Waals surface area contributed by atoms with E-state index in [2.05, 4.69) is 15.2 Å². The van der Waals surface area contributed by atoms with Crippen LogP contribution in [0.2, 0.25) is 0 Å². The average molecular weight is 561 g/mol. The zero-order chi connectivity index (χ0) is 28.4. The van der Waals surface area contributed by atoms with Crippen LogP contribution >= 0.6 is 7.75 Å². The Hall–Kier alpha value is -3.57. The molecule has 1 unspecified atom stereocenters. The predicted molar refractivity (Wildman–Crippen MR) is 136 cm³/mol. The number of hydrogen-bond donors (Lipinski definition) is 4. The number of aliphatic hydroxyl groups is 2. The molecule has 1 aliphatic rings. The smallest absolute Gasteiger partial charge is 0.459 e. The summed E-state index contributed by atoms with van der Waals surface area (Å²) in [5, 5.41) is 38.4. The number of para-hydroxylation sites is 1. The number of nitrogen functional groups attached to an aromatic ring is 1. The highest BCUT2D eigenvalue weighted by Gasteiger charge is 2.57. The molecular formula is C24H29N6O8P. The topological polar surface area (TPSA) is 204 Å². The molecule has 1 aliphatic heterocycles. The summed E-state index contributed by atoms with van der Waals surface area (Å²) in [6, 6.07) is 11.9. The number of aliphatic hydroxyl groups excluding tert-OH is 2. The monoisotopic (exact) mass is 560 g/mol. The lowest BCUT2D eigenvalue weighted by Crippen LogP contribution is -2.46. The Bertz CT molecular complexity index is 1410. The van der Waals surface area contributed by atoms with Crippen LogP contribution < -0.4 is 15.3 Å². The molecule has 0 radical (unpaired) electrons. The molecule has 208 valence electrons. The molecule has 14 nitrogen and oxygen atoms in total. The summed E-state index contributed by atoms with van der Waals surface area (Å²) in [6.45, 7) is 3.92. The molecule has 0 amide bonds. The predicted octanol–water partition coefficient (Wildman–Crippen LogP) is 1.50. The zero-order valence-corrected chi connectivity index (χ0v) is 22.3. The third-order valence-electron chi connectivity index (χ3n) is 5.92. The minimum absolute atomic E-state index is 0.145. The molecular weight excluding hydrogens is 531 g/mol. The molecule has 2 aromatic heterocycles. The molecule has 1 saturated heterocycles. The molecule has 1 aromatic carbocycles. The number of fused-ring (bicyclic) bond motifs is 1. The molecule has 3 heterocycles. The van der Waals surface area contributed by atoms with Gasteiger partial charge < -0.3 is 29.9 Å². The van der Waals surface area contributed by atoms with Crippen molar-refractivity contribution in [3.05, 3.63) is 54.5 Å². The fraction of sp³-hybridized carbons (Fsp3) is 0.417. The Labute approximate surface area is 223 Å². The third-order valence-corrected chi connectivity index (χ3v) is 7.54. The van der Waals surface area contributed by atoms with E-state index in [-0.39, 0.29) is 17.3 Å². The van der Waals surface area contributed by atoms with Crippen LogP contribution in [-0.2, 0) is 23.4 Å². The van der Waals surface area contributed by atoms with E-state index in [4.69, 9.17) is 24.3 Å². The molecule has 0 bridgehead atoms. The van der Waals surface area contributed by atoms with Gasteiger partial charge in [0.25, 0.3) is 0 Å². The average Bonchev–Trinajstić information content (AvgIpc) is 3.43. The van der Waals surface area contributed by atoms with Crippen LogP contribution in [0.25, 0.3) is 5.52 Å². The van der Waals surface area contributed by atoms with E-state index in [1.807, 2.05) is 6.07 Å². The maximum Gasteiger partial charge on any atom is 0.459 e. The Balaban J connectivity index is 1.59. The minimum atomic E-state index is -4.39. The van der Waals surface area contributed by atoms with E-state index in [0.29, 0.717) is 5.52 Å². The lowest BCUT2D eigenvalue weighted by atomic mass is 9.96. The van der Waals surface area contributed by atoms with E-state index in [1.54, 1.807) is 44.2 Å². The first-order valence-electron chi connectivity index (χ1n) is 12.0. The van der Waals surface area contributed by atoms with E-state index in [9.17, 15) is 24.8 Å². The van der Waals surface area contributed by atoms with Crippen LogP contribution in [0, 0.1) is 11.3 Å². The van der Waals surface area contributed by atoms with E-state index >= 15 is 0 Å². The highest BCUT2D eigenvalue weighted by atomic mass is 31.2. The van der Waals surface area contributed by atoms with Crippen molar-refractivity contribution >= 4 is 25.1 Å². The number of hydrogen-bond acceptors (Lipinski definition) is 12. The molecule has 0 saturated carbocycles. The van der Waals surface area contributed by atoms with Crippen LogP contribution in [0.3, 0.4) is 0 Å². The Kier molecular flexibility index (Phi) is 8.22. The lowest BCUT2D eigenvalue weighted by molar-refractivity contribution is -0.149. The number of benzene rings is 1. The summed E-state index contributed by atoms with van der Waals surface area (Å²) in [5.74, 6) is -0.393. The molecule has 5 N–H and O–H groups in total. The maximum atomic E-state index is 13.8. The fourth-order valence-electron chi connectivity index (χ4n) is 3.99. The van der Waals surface area contributed by atoms with Gasteiger partial charge in [-0.2, -0.15) is 15.4 Å². The quantitative estimate of drug-likeness (QED) is 0.205. The molecule has 0 spiro atoms. The number of nitrogens with one attached hydrogen (secondary N) is 1. The van der Waals surface area contributed by atoms with Gasteiger partial charge in [-0.15, -0.1) is 0 Å². The molecule has 39 heavy (non-hydrogen) atoms. The number of carbonyl (C=O) groups excluding carboxylic acids is 1. The van der Waals surface area contributed by atoms with Crippen molar-refractivity contribution in [2.75, 3.05) is 12.3 Å². The summed E-state index contributed by atoms with van der Waals surface area (Å²) in [6.07, 6.45) is -3.83. The van der Waals surface area contributed by atoms with Crippen molar-refractivity contribution in [3.63, 3.8) is 0 Å². The highest BCUT2D eigenvalue weighted by Crippen LogP contribution is 2.48. The van der Waals surface area contributed by atoms with Gasteiger partial charge in [0.1, 0.15) is 54.6 Å². The van der Waals surface area contributed by atoms with Crippen LogP contribution in [0.1, 0.15) is 32.6 Å². The van der Waals surface area contributed by atoms with Gasteiger partial charge in [0.15, 0.2) is 5.82 Å². The highest BCUT2D eigenvalue weighted by molar-refractivity contribution is 7.52. The van der Waals surface area contributed by atoms with Crippen LogP contribution in [0.4, 0.5) is 5.82 Å². The number of nitrogens with zero attached hydrogens (tertiary/aromatic N) is 4. The van der Waals surface area contributed by atoms with Crippen LogP contribution in [0.15, 0.2) is 48.8 Å². The van der Waals surface area contributed by atoms with Crippen molar-refractivity contribution < 1.29 is 38.1 Å². The number of aromatic nitrogens is 3. The summed E-state index contributed by atoms with van der Waals surface area (Å²) in [4.78, 5) is 16.3. The van der Waals surface area contributed by atoms with Gasteiger partial charge in [0.05, 0.1) is 11.8 Å². The molecule has 3 aromatic rings. The maximum absolute atomic E-state index is 13.8. The third kappa shape index (κ3) is 5.89. The number of rotatable bonds is 10. The van der Waals surface area contributed by atoms with Crippen LogP contribution in [0.5, 0.6) is 5.75 Å². The standard InChI is InChI=1S/C24H29N6O8P/c1-14(2)36-23(33)15(3)29-39(34,38-16-7-5-4-6-8-16)35-12-24(11-25)21(32)19(31)20(37-24)17-9-10-18-22(26)27-13-28-30(17)18/h4-10,13-15,19-21,31-32H,12H2,1-3H3,(H,29,34)(H2,26,27,28)/t15-,19+,20+,21+,24-,39?/m1/s1. The summed E-state index contributed by atoms with van der Waals surface area (Å²) < 4.78 is 37.3. The van der Waals surface area contributed by atoms with Crippen molar-refractivity contribution in [2.45, 2.75) is 56.8 Å². The van der Waals surface area contributed by atoms with Gasteiger partial charge in [-0.3, -0.25) is 9.32 Å². The van der Waals surface area contributed by atoms with Gasteiger partial charge >= 0.3 is 13.7 Å². The number of esters is 1. The number of anilines is 1. The second-order valence-corrected chi connectivity index (χ2v) is 10.9. The first-order valence-corrected chi connectivity index (χ1v) is 13.5. The second-order valence-electron chi connectivity index (χ2n) is 9.19. The largest absolute Gasteiger partial charge is 0.462 e. The van der Waals surface area contributed by atoms with E-state index in [0.717, 1.165) is 0 Å². The molecule has 15 heteroatoms. The Morgan fingerprint density at radius 1 is 1.28 bits per heavy atom. The van der Waals surface area contributed by atoms with Crippen molar-refractivity contribution in [3.8, 4) is 11.8 Å². The van der Waals surface area contributed by atoms with Gasteiger partial charge in [0, 0.05) is 0 Å². The van der Waals surface area contributed by atoms with Crippen molar-refractivity contribution in [1.82, 2.24) is 19.7 Å². The number of nitrogens with two attached hydrogens (primary N) is 1. The SMILES string of the molecule is CC(C)OC(=O)[C@@H](C)NP(=O)(OC[C@@]1(C#N)O[C@@H](c2ccc3c(N)ncnn23)[C@H](O)[C@@H]1O)Oc1ccccc1. The van der Waals surface area contributed by atoms with E-state index in [1.165, 1.54) is 29.9 Å². The Morgan fingerprint density at radius 2 is 2.00 bits per heavy atom. The minimum Gasteiger partial charge on any atom is -0.462 e. The molecule has 0 aliphatic carbocycles. The summed E-state index contributed by atoms with van der Waals surface area (Å²) in [5.41, 5.74) is 4.41. The fourth-order valence-corrected chi connectivity index (χ4v) is 5.51. The van der Waals surface area contributed by atoms with Gasteiger partial charge in [-0.1, -0.05) is 18.2 Å². The number of carbonyl (C=O) groups is 1. The molecule has 1 fully saturated rings. The Morgan fingerprint density at radius 3 is 2.67 bits per heavy atom. The number of ether oxygens (including phenoxy) is 2. The first-order chi connectivity index (χ1) is 18.5.